The second kappa shape index (κ2) is 9.22. The summed E-state index contributed by atoms with van der Waals surface area (Å²) in [6, 6.07) is 8.68. The Kier molecular flexibility index (Phi) is 6.71. The van der Waals surface area contributed by atoms with Crippen molar-refractivity contribution in [1.82, 2.24) is 9.55 Å². The highest BCUT2D eigenvalue weighted by Gasteiger charge is 2.38. The van der Waals surface area contributed by atoms with Crippen molar-refractivity contribution in [1.29, 1.82) is 0 Å². The van der Waals surface area contributed by atoms with Crippen LogP contribution in [0, 0.1) is 6.92 Å². The predicted molar refractivity (Wildman–Crippen MR) is 105 cm³/mol. The Bertz CT molecular complexity index is 926. The van der Waals surface area contributed by atoms with Crippen molar-refractivity contribution in [3.05, 3.63) is 68.5 Å². The highest BCUT2D eigenvalue weighted by atomic mass is 32.2. The molecular formula is C19H22N2O6S. The van der Waals surface area contributed by atoms with E-state index in [1.54, 1.807) is 31.2 Å². The van der Waals surface area contributed by atoms with Crippen molar-refractivity contribution >= 4 is 17.7 Å². The molecule has 0 spiro atoms. The third-order valence-electron chi connectivity index (χ3n) is 4.42. The van der Waals surface area contributed by atoms with E-state index in [-0.39, 0.29) is 12.7 Å². The Balaban J connectivity index is 1.72. The molecule has 1 saturated heterocycles. The number of nitrogens with one attached hydrogen (secondary N) is 1. The number of benzene rings is 1. The Labute approximate surface area is 165 Å². The highest BCUT2D eigenvalue weighted by Crippen LogP contribution is 2.30. The minimum Gasteiger partial charge on any atom is -0.459 e. The van der Waals surface area contributed by atoms with E-state index >= 15 is 0 Å². The lowest BCUT2D eigenvalue weighted by Gasteiger charge is -2.18. The molecule has 0 radical (unpaired) electrons. The van der Waals surface area contributed by atoms with Crippen LogP contribution in [-0.2, 0) is 14.2 Å². The average Bonchev–Trinajstić information content (AvgIpc) is 3.10. The molecule has 2 heterocycles. The van der Waals surface area contributed by atoms with Gasteiger partial charge < -0.3 is 14.2 Å². The van der Waals surface area contributed by atoms with Gasteiger partial charge in [-0.05, 0) is 25.3 Å². The summed E-state index contributed by atoms with van der Waals surface area (Å²) in [5.41, 5.74) is -0.122. The number of carbonyl (C=O) groups is 1. The molecule has 1 aliphatic rings. The fourth-order valence-electron chi connectivity index (χ4n) is 2.97. The summed E-state index contributed by atoms with van der Waals surface area (Å²) in [5.74, 6) is -0.00279. The predicted octanol–water partition coefficient (Wildman–Crippen LogP) is 1.70. The van der Waals surface area contributed by atoms with Crippen LogP contribution in [0.1, 0.15) is 28.6 Å². The SMILES string of the molecule is CSCOC1C[C@H](n2cc(C)c(=O)[nH]c2=O)O[C@@H]1COC(=O)c1ccccc1. The van der Waals surface area contributed by atoms with E-state index < -0.39 is 29.6 Å². The number of esters is 1. The van der Waals surface area contributed by atoms with Gasteiger partial charge >= 0.3 is 11.7 Å². The van der Waals surface area contributed by atoms with Gasteiger partial charge in [0, 0.05) is 18.2 Å². The zero-order valence-corrected chi connectivity index (χ0v) is 16.4. The van der Waals surface area contributed by atoms with Crippen molar-refractivity contribution in [3.8, 4) is 0 Å². The lowest BCUT2D eigenvalue weighted by atomic mass is 10.2. The number of ether oxygens (including phenoxy) is 3. The van der Waals surface area contributed by atoms with Gasteiger partial charge in [-0.15, -0.1) is 11.8 Å². The van der Waals surface area contributed by atoms with E-state index in [1.807, 2.05) is 12.3 Å². The maximum absolute atomic E-state index is 12.2. The van der Waals surface area contributed by atoms with Crippen molar-refractivity contribution in [2.75, 3.05) is 18.8 Å². The van der Waals surface area contributed by atoms with Crippen LogP contribution in [-0.4, -0.2) is 46.5 Å². The zero-order valence-electron chi connectivity index (χ0n) is 15.6. The number of aryl methyl sites for hydroxylation is 1. The summed E-state index contributed by atoms with van der Waals surface area (Å²) >= 11 is 1.51. The van der Waals surface area contributed by atoms with Crippen LogP contribution >= 0.6 is 11.8 Å². The van der Waals surface area contributed by atoms with Crippen LogP contribution < -0.4 is 11.2 Å². The number of hydrogen-bond donors (Lipinski definition) is 1. The fourth-order valence-corrected chi connectivity index (χ4v) is 3.28. The first-order chi connectivity index (χ1) is 13.5. The van der Waals surface area contributed by atoms with Crippen LogP contribution in [0.15, 0.2) is 46.1 Å². The van der Waals surface area contributed by atoms with Crippen LogP contribution in [0.5, 0.6) is 0 Å². The lowest BCUT2D eigenvalue weighted by molar-refractivity contribution is -0.0616. The summed E-state index contributed by atoms with van der Waals surface area (Å²) in [4.78, 5) is 38.2. The molecule has 1 aromatic carbocycles. The van der Waals surface area contributed by atoms with E-state index in [9.17, 15) is 14.4 Å². The maximum Gasteiger partial charge on any atom is 0.338 e. The molecular weight excluding hydrogens is 384 g/mol. The van der Waals surface area contributed by atoms with E-state index in [2.05, 4.69) is 4.98 Å². The number of nitrogens with zero attached hydrogens (tertiary/aromatic N) is 1. The molecule has 150 valence electrons. The van der Waals surface area contributed by atoms with Crippen molar-refractivity contribution in [2.45, 2.75) is 31.8 Å². The Morgan fingerprint density at radius 3 is 2.79 bits per heavy atom. The third kappa shape index (κ3) is 4.73. The molecule has 1 N–H and O–H groups in total. The quantitative estimate of drug-likeness (QED) is 0.552. The number of hydrogen-bond acceptors (Lipinski definition) is 7. The van der Waals surface area contributed by atoms with Crippen LogP contribution in [0.4, 0.5) is 0 Å². The highest BCUT2D eigenvalue weighted by molar-refractivity contribution is 7.98. The van der Waals surface area contributed by atoms with Gasteiger partial charge in [-0.1, -0.05) is 18.2 Å². The topological polar surface area (TPSA) is 99.6 Å². The monoisotopic (exact) mass is 406 g/mol. The first-order valence-corrected chi connectivity index (χ1v) is 10.2. The van der Waals surface area contributed by atoms with Crippen molar-refractivity contribution < 1.29 is 19.0 Å². The van der Waals surface area contributed by atoms with Gasteiger partial charge in [-0.25, -0.2) is 9.59 Å². The molecule has 0 saturated carbocycles. The molecule has 0 bridgehead atoms. The molecule has 2 aromatic rings. The maximum atomic E-state index is 12.2. The van der Waals surface area contributed by atoms with Gasteiger partial charge in [0.25, 0.3) is 5.56 Å². The molecule has 9 heteroatoms. The molecule has 0 amide bonds. The summed E-state index contributed by atoms with van der Waals surface area (Å²) in [6.45, 7) is 1.62. The summed E-state index contributed by atoms with van der Waals surface area (Å²) < 4.78 is 18.5. The number of aromatic amines is 1. The van der Waals surface area contributed by atoms with Crippen LogP contribution in [0.3, 0.4) is 0 Å². The van der Waals surface area contributed by atoms with E-state index in [0.717, 1.165) is 0 Å². The fraction of sp³-hybridized carbons (Fsp3) is 0.421. The Morgan fingerprint density at radius 2 is 2.07 bits per heavy atom. The Hall–Kier alpha value is -2.36. The molecule has 1 aliphatic heterocycles. The van der Waals surface area contributed by atoms with Crippen molar-refractivity contribution in [2.24, 2.45) is 0 Å². The molecule has 0 aliphatic carbocycles. The van der Waals surface area contributed by atoms with Gasteiger partial charge in [-0.2, -0.15) is 0 Å². The zero-order chi connectivity index (χ0) is 20.1. The van der Waals surface area contributed by atoms with E-state index in [4.69, 9.17) is 14.2 Å². The number of H-pyrrole nitrogens is 1. The second-order valence-electron chi connectivity index (χ2n) is 6.42. The number of aromatic nitrogens is 2. The Morgan fingerprint density at radius 1 is 1.32 bits per heavy atom. The summed E-state index contributed by atoms with van der Waals surface area (Å²) in [5, 5.41) is 0. The van der Waals surface area contributed by atoms with Gasteiger partial charge in [0.15, 0.2) is 0 Å². The molecule has 3 rings (SSSR count). The third-order valence-corrected chi connectivity index (χ3v) is 4.80. The number of rotatable bonds is 7. The minimum absolute atomic E-state index is 0.000358. The smallest absolute Gasteiger partial charge is 0.338 e. The second-order valence-corrected chi connectivity index (χ2v) is 7.23. The normalized spacial score (nSPS) is 21.6. The van der Waals surface area contributed by atoms with Crippen LogP contribution in [0.2, 0.25) is 0 Å². The standard InChI is InChI=1S/C19H22N2O6S/c1-12-9-21(19(24)20-17(12)22)16-8-14(26-11-28-2)15(27-16)10-25-18(23)13-6-4-3-5-7-13/h3-7,9,14-16H,8,10-11H2,1-2H3,(H,20,22,24)/t14?,15-,16-/m1/s1. The first kappa shape index (κ1) is 20.4. The van der Waals surface area contributed by atoms with Gasteiger partial charge in [0.1, 0.15) is 18.9 Å². The van der Waals surface area contributed by atoms with Crippen molar-refractivity contribution in [3.63, 3.8) is 0 Å². The molecule has 28 heavy (non-hydrogen) atoms. The first-order valence-electron chi connectivity index (χ1n) is 8.80. The molecule has 3 atom stereocenters. The molecule has 1 aromatic heterocycles. The van der Waals surface area contributed by atoms with Gasteiger partial charge in [0.05, 0.1) is 17.6 Å². The lowest BCUT2D eigenvalue weighted by Crippen LogP contribution is -2.33. The van der Waals surface area contributed by atoms with Gasteiger partial charge in [-0.3, -0.25) is 14.3 Å². The molecule has 8 nitrogen and oxygen atoms in total. The molecule has 1 fully saturated rings. The average molecular weight is 406 g/mol. The number of thioether (sulfide) groups is 1. The van der Waals surface area contributed by atoms with Gasteiger partial charge in [0.2, 0.25) is 0 Å². The summed E-state index contributed by atoms with van der Waals surface area (Å²) in [6.07, 6.45) is 2.29. The van der Waals surface area contributed by atoms with Crippen LogP contribution in [0.25, 0.3) is 0 Å². The summed E-state index contributed by atoms with van der Waals surface area (Å²) in [7, 11) is 0. The molecule has 1 unspecified atom stereocenters. The van der Waals surface area contributed by atoms with E-state index in [0.29, 0.717) is 23.5 Å². The minimum atomic E-state index is -0.615. The largest absolute Gasteiger partial charge is 0.459 e. The van der Waals surface area contributed by atoms with E-state index in [1.165, 1.54) is 22.5 Å². The number of carbonyl (C=O) groups excluding carboxylic acids is 1.